The number of rotatable bonds is 4. The summed E-state index contributed by atoms with van der Waals surface area (Å²) in [5.74, 6) is 0. The van der Waals surface area contributed by atoms with Crippen molar-refractivity contribution in [1.82, 2.24) is 0 Å². The number of nitrogens with one attached hydrogen (secondary N) is 1. The van der Waals surface area contributed by atoms with Gasteiger partial charge in [-0.3, -0.25) is 0 Å². The Hall–Kier alpha value is -1.48. The standard InChI is InChI=1S/C14H18N2S/c1-3-11-6-7-17-14(11)9-16-13-8-10(2)4-5-12(13)15/h4-8,16H,3,9,15H2,1-2H3. The molecule has 0 radical (unpaired) electrons. The fraction of sp³-hybridized carbons (Fsp3) is 0.286. The molecule has 3 N–H and O–H groups in total. The predicted octanol–water partition coefficient (Wildman–Crippen LogP) is 3.81. The molecule has 2 aromatic rings. The summed E-state index contributed by atoms with van der Waals surface area (Å²) in [5.41, 5.74) is 10.4. The number of thiophene rings is 1. The van der Waals surface area contributed by atoms with Crippen molar-refractivity contribution in [3.05, 3.63) is 45.6 Å². The van der Waals surface area contributed by atoms with Gasteiger partial charge >= 0.3 is 0 Å². The minimum Gasteiger partial charge on any atom is -0.397 e. The van der Waals surface area contributed by atoms with Gasteiger partial charge < -0.3 is 11.1 Å². The molecule has 0 unspecified atom stereocenters. The Balaban J connectivity index is 2.09. The summed E-state index contributed by atoms with van der Waals surface area (Å²) in [7, 11) is 0. The Morgan fingerprint density at radius 3 is 2.88 bits per heavy atom. The number of benzene rings is 1. The van der Waals surface area contributed by atoms with Crippen LogP contribution in [0.1, 0.15) is 22.9 Å². The third-order valence-corrected chi connectivity index (χ3v) is 3.83. The van der Waals surface area contributed by atoms with Crippen LogP contribution in [0.2, 0.25) is 0 Å². The van der Waals surface area contributed by atoms with Gasteiger partial charge in [0.05, 0.1) is 11.4 Å². The van der Waals surface area contributed by atoms with Gasteiger partial charge in [-0.1, -0.05) is 13.0 Å². The van der Waals surface area contributed by atoms with Crippen LogP contribution in [0.4, 0.5) is 11.4 Å². The molecule has 0 bridgehead atoms. The summed E-state index contributed by atoms with van der Waals surface area (Å²) in [6, 6.07) is 8.27. The normalized spacial score (nSPS) is 10.5. The lowest BCUT2D eigenvalue weighted by atomic mass is 10.2. The zero-order chi connectivity index (χ0) is 12.3. The van der Waals surface area contributed by atoms with Gasteiger partial charge in [0.2, 0.25) is 0 Å². The summed E-state index contributed by atoms with van der Waals surface area (Å²) in [5, 5.41) is 5.56. The third kappa shape index (κ3) is 2.80. The van der Waals surface area contributed by atoms with E-state index in [0.29, 0.717) is 0 Å². The summed E-state index contributed by atoms with van der Waals surface area (Å²) < 4.78 is 0. The molecule has 1 aromatic heterocycles. The molecule has 0 aliphatic carbocycles. The van der Waals surface area contributed by atoms with E-state index in [1.165, 1.54) is 16.0 Å². The number of nitrogen functional groups attached to an aromatic ring is 1. The smallest absolute Gasteiger partial charge is 0.0579 e. The van der Waals surface area contributed by atoms with Crippen LogP contribution in [0.25, 0.3) is 0 Å². The molecule has 1 aromatic carbocycles. The highest BCUT2D eigenvalue weighted by Gasteiger charge is 2.03. The molecule has 3 heteroatoms. The second kappa shape index (κ2) is 5.23. The fourth-order valence-electron chi connectivity index (χ4n) is 1.84. The monoisotopic (exact) mass is 246 g/mol. The minimum atomic E-state index is 0.810. The second-order valence-corrected chi connectivity index (χ2v) is 5.17. The van der Waals surface area contributed by atoms with Crippen LogP contribution in [0.3, 0.4) is 0 Å². The van der Waals surface area contributed by atoms with Crippen LogP contribution in [0, 0.1) is 6.92 Å². The third-order valence-electron chi connectivity index (χ3n) is 2.87. The molecule has 2 nitrogen and oxygen atoms in total. The molecule has 2 rings (SSSR count). The van der Waals surface area contributed by atoms with Gasteiger partial charge in [0.1, 0.15) is 0 Å². The number of nitrogens with two attached hydrogens (primary N) is 1. The number of hydrogen-bond donors (Lipinski definition) is 2. The van der Waals surface area contributed by atoms with E-state index in [1.54, 1.807) is 11.3 Å². The largest absolute Gasteiger partial charge is 0.397 e. The zero-order valence-corrected chi connectivity index (χ0v) is 11.1. The van der Waals surface area contributed by atoms with Crippen LogP contribution in [0.15, 0.2) is 29.6 Å². The molecule has 17 heavy (non-hydrogen) atoms. The van der Waals surface area contributed by atoms with Crippen molar-refractivity contribution >= 4 is 22.7 Å². The predicted molar refractivity (Wildman–Crippen MR) is 76.6 cm³/mol. The molecule has 90 valence electrons. The van der Waals surface area contributed by atoms with Crippen molar-refractivity contribution in [2.75, 3.05) is 11.1 Å². The molecule has 1 heterocycles. The number of anilines is 2. The van der Waals surface area contributed by atoms with E-state index in [4.69, 9.17) is 5.73 Å². The average Bonchev–Trinajstić information content (AvgIpc) is 2.77. The molecule has 0 saturated carbocycles. The maximum Gasteiger partial charge on any atom is 0.0579 e. The Morgan fingerprint density at radius 2 is 2.12 bits per heavy atom. The maximum atomic E-state index is 5.94. The summed E-state index contributed by atoms with van der Waals surface area (Å²) in [4.78, 5) is 1.40. The molecule has 0 aliphatic rings. The Bertz CT molecular complexity index is 503. The summed E-state index contributed by atoms with van der Waals surface area (Å²) >= 11 is 1.80. The number of aryl methyl sites for hydroxylation is 2. The first-order valence-electron chi connectivity index (χ1n) is 5.86. The van der Waals surface area contributed by atoms with E-state index in [0.717, 1.165) is 24.3 Å². The molecular formula is C14H18N2S. The highest BCUT2D eigenvalue weighted by Crippen LogP contribution is 2.23. The van der Waals surface area contributed by atoms with Gasteiger partial charge in [-0.25, -0.2) is 0 Å². The zero-order valence-electron chi connectivity index (χ0n) is 10.3. The van der Waals surface area contributed by atoms with E-state index < -0.39 is 0 Å². The molecule has 0 saturated heterocycles. The van der Waals surface area contributed by atoms with Gasteiger partial charge in [-0.2, -0.15) is 0 Å². The van der Waals surface area contributed by atoms with Crippen LogP contribution in [0.5, 0.6) is 0 Å². The molecule has 0 amide bonds. The SMILES string of the molecule is CCc1ccsc1CNc1cc(C)ccc1N. The van der Waals surface area contributed by atoms with Crippen LogP contribution < -0.4 is 11.1 Å². The van der Waals surface area contributed by atoms with Gasteiger partial charge in [-0.15, -0.1) is 11.3 Å². The molecular weight excluding hydrogens is 228 g/mol. The van der Waals surface area contributed by atoms with E-state index in [2.05, 4.69) is 36.7 Å². The number of hydrogen-bond acceptors (Lipinski definition) is 3. The van der Waals surface area contributed by atoms with Gasteiger partial charge in [-0.05, 0) is 48.1 Å². The Labute approximate surface area is 106 Å². The lowest BCUT2D eigenvalue weighted by Gasteiger charge is -2.10. The molecule has 0 spiro atoms. The van der Waals surface area contributed by atoms with Gasteiger partial charge in [0.15, 0.2) is 0 Å². The van der Waals surface area contributed by atoms with Crippen LogP contribution in [-0.4, -0.2) is 0 Å². The summed E-state index contributed by atoms with van der Waals surface area (Å²) in [6.45, 7) is 5.12. The minimum absolute atomic E-state index is 0.810. The van der Waals surface area contributed by atoms with Crippen molar-refractivity contribution < 1.29 is 0 Å². The summed E-state index contributed by atoms with van der Waals surface area (Å²) in [6.07, 6.45) is 1.09. The highest BCUT2D eigenvalue weighted by atomic mass is 32.1. The van der Waals surface area contributed by atoms with Crippen molar-refractivity contribution in [3.8, 4) is 0 Å². The Kier molecular flexibility index (Phi) is 3.69. The van der Waals surface area contributed by atoms with Crippen LogP contribution >= 0.6 is 11.3 Å². The highest BCUT2D eigenvalue weighted by molar-refractivity contribution is 7.10. The van der Waals surface area contributed by atoms with Crippen molar-refractivity contribution in [1.29, 1.82) is 0 Å². The quantitative estimate of drug-likeness (QED) is 0.805. The van der Waals surface area contributed by atoms with E-state index in [-0.39, 0.29) is 0 Å². The lowest BCUT2D eigenvalue weighted by molar-refractivity contribution is 1.08. The van der Waals surface area contributed by atoms with Crippen molar-refractivity contribution in [2.24, 2.45) is 0 Å². The molecule has 0 aliphatic heterocycles. The first-order valence-corrected chi connectivity index (χ1v) is 6.74. The van der Waals surface area contributed by atoms with Crippen molar-refractivity contribution in [3.63, 3.8) is 0 Å². The second-order valence-electron chi connectivity index (χ2n) is 4.17. The van der Waals surface area contributed by atoms with Gasteiger partial charge in [0, 0.05) is 11.4 Å². The van der Waals surface area contributed by atoms with Gasteiger partial charge in [0.25, 0.3) is 0 Å². The fourth-order valence-corrected chi connectivity index (χ4v) is 2.75. The topological polar surface area (TPSA) is 38.0 Å². The van der Waals surface area contributed by atoms with E-state index >= 15 is 0 Å². The molecule has 0 atom stereocenters. The first kappa shape index (κ1) is 12.0. The average molecular weight is 246 g/mol. The maximum absolute atomic E-state index is 5.94. The van der Waals surface area contributed by atoms with Crippen LogP contribution in [-0.2, 0) is 13.0 Å². The molecule has 0 fully saturated rings. The first-order chi connectivity index (χ1) is 8.20. The van der Waals surface area contributed by atoms with E-state index in [9.17, 15) is 0 Å². The van der Waals surface area contributed by atoms with E-state index in [1.807, 2.05) is 12.1 Å². The lowest BCUT2D eigenvalue weighted by Crippen LogP contribution is -2.02. The Morgan fingerprint density at radius 1 is 1.29 bits per heavy atom. The van der Waals surface area contributed by atoms with Crippen molar-refractivity contribution in [2.45, 2.75) is 26.8 Å².